The highest BCUT2D eigenvalue weighted by Crippen LogP contribution is 2.30. The number of hydrogen-bond donors (Lipinski definition) is 9. The van der Waals surface area contributed by atoms with E-state index in [1.54, 1.807) is 6.92 Å². The molecule has 12 atom stereocenters. The summed E-state index contributed by atoms with van der Waals surface area (Å²) < 4.78 is 22.4. The molecule has 14 nitrogen and oxygen atoms in total. The van der Waals surface area contributed by atoms with E-state index >= 15 is 0 Å². The summed E-state index contributed by atoms with van der Waals surface area (Å²) in [7, 11) is 0. The summed E-state index contributed by atoms with van der Waals surface area (Å²) in [5.41, 5.74) is 0. The van der Waals surface area contributed by atoms with Crippen LogP contribution in [0.25, 0.3) is 0 Å². The second-order valence-electron chi connectivity index (χ2n) is 19.0. The fourth-order valence-electron chi connectivity index (χ4n) is 9.03. The number of aliphatic hydroxyl groups is 8. The standard InChI is InChI=1S/C50H97NO13/c1-3-5-6-7-8-9-10-11-12-13-14-15-16-17-18-19-20-21-22-23-24-25-26-27-28-29-30-31-32-33-34-39(54)38(51-42(55)4-2)37-61-49-47(60)45(58)48(41(36-53)63-49)64-50-46(59)44(57)43(56)40(35-52)62-50/h38-41,43-50,52-54,56-60H,3-37H2,1-2H3,(H,51,55). The van der Waals surface area contributed by atoms with Gasteiger partial charge in [0.05, 0.1) is 32.0 Å². The average molecular weight is 920 g/mol. The van der Waals surface area contributed by atoms with Crippen molar-refractivity contribution in [1.29, 1.82) is 0 Å². The minimum absolute atomic E-state index is 0.188. The molecule has 14 heteroatoms. The maximum atomic E-state index is 12.3. The summed E-state index contributed by atoms with van der Waals surface area (Å²) in [6.07, 6.45) is 24.1. The third kappa shape index (κ3) is 24.8. The smallest absolute Gasteiger partial charge is 0.220 e. The molecular formula is C50H97NO13. The predicted molar refractivity (Wildman–Crippen MR) is 249 cm³/mol. The van der Waals surface area contributed by atoms with Crippen LogP contribution in [0.1, 0.15) is 219 Å². The third-order valence-electron chi connectivity index (χ3n) is 13.4. The zero-order valence-corrected chi connectivity index (χ0v) is 40.3. The molecule has 0 aromatic heterocycles. The molecule has 0 aromatic carbocycles. The lowest BCUT2D eigenvalue weighted by atomic mass is 9.97. The summed E-state index contributed by atoms with van der Waals surface area (Å²) in [5, 5.41) is 85.6. The van der Waals surface area contributed by atoms with Crippen LogP contribution >= 0.6 is 0 Å². The van der Waals surface area contributed by atoms with E-state index in [-0.39, 0.29) is 18.9 Å². The van der Waals surface area contributed by atoms with Crippen molar-refractivity contribution in [1.82, 2.24) is 5.32 Å². The first-order valence-corrected chi connectivity index (χ1v) is 26.3. The van der Waals surface area contributed by atoms with Crippen molar-refractivity contribution in [3.05, 3.63) is 0 Å². The highest BCUT2D eigenvalue weighted by atomic mass is 16.7. The molecular weight excluding hydrogens is 823 g/mol. The van der Waals surface area contributed by atoms with Crippen molar-refractivity contribution >= 4 is 5.91 Å². The van der Waals surface area contributed by atoms with Gasteiger partial charge in [-0.05, 0) is 6.42 Å². The Balaban J connectivity index is 1.48. The average Bonchev–Trinajstić information content (AvgIpc) is 3.30. The number of unbranched alkanes of at least 4 members (excludes halogenated alkanes) is 29. The van der Waals surface area contributed by atoms with Gasteiger partial charge in [-0.25, -0.2) is 0 Å². The molecule has 2 heterocycles. The largest absolute Gasteiger partial charge is 0.394 e. The van der Waals surface area contributed by atoms with Crippen molar-refractivity contribution in [2.24, 2.45) is 0 Å². The van der Waals surface area contributed by atoms with Crippen molar-refractivity contribution in [3.63, 3.8) is 0 Å². The summed E-state index contributed by atoms with van der Waals surface area (Å²) in [6, 6.07) is -0.820. The molecule has 2 saturated heterocycles. The highest BCUT2D eigenvalue weighted by molar-refractivity contribution is 5.75. The van der Waals surface area contributed by atoms with Crippen LogP contribution in [0.3, 0.4) is 0 Å². The SMILES string of the molecule is CCCCCCCCCCCCCCCCCCCCCCCCCCCCCCCCC(O)C(COC1OC(CO)C(OC2OC(CO)C(O)C(O)C2O)C(O)C1O)NC(=O)CC. The van der Waals surface area contributed by atoms with E-state index in [1.807, 2.05) is 0 Å². The van der Waals surface area contributed by atoms with Crippen LogP contribution in [0.5, 0.6) is 0 Å². The van der Waals surface area contributed by atoms with Crippen LogP contribution in [0.2, 0.25) is 0 Å². The van der Waals surface area contributed by atoms with Gasteiger partial charge in [0.15, 0.2) is 12.6 Å². The number of ether oxygens (including phenoxy) is 4. The van der Waals surface area contributed by atoms with Crippen LogP contribution < -0.4 is 5.32 Å². The Labute approximate surface area is 387 Å². The molecule has 2 rings (SSSR count). The van der Waals surface area contributed by atoms with Crippen molar-refractivity contribution in [2.75, 3.05) is 19.8 Å². The predicted octanol–water partition coefficient (Wildman–Crippen LogP) is 7.00. The van der Waals surface area contributed by atoms with Crippen molar-refractivity contribution < 1.29 is 64.6 Å². The van der Waals surface area contributed by atoms with Gasteiger partial charge in [-0.3, -0.25) is 4.79 Å². The summed E-state index contributed by atoms with van der Waals surface area (Å²) >= 11 is 0. The molecule has 0 aromatic rings. The first kappa shape index (κ1) is 59.1. The molecule has 12 unspecified atom stereocenters. The lowest BCUT2D eigenvalue weighted by Gasteiger charge is -2.46. The number of nitrogens with one attached hydrogen (secondary N) is 1. The lowest BCUT2D eigenvalue weighted by molar-refractivity contribution is -0.359. The molecule has 0 aliphatic carbocycles. The summed E-state index contributed by atoms with van der Waals surface area (Å²) in [5.74, 6) is -0.292. The lowest BCUT2D eigenvalue weighted by Crippen LogP contribution is -2.65. The van der Waals surface area contributed by atoms with E-state index in [1.165, 1.54) is 167 Å². The molecule has 0 radical (unpaired) electrons. The molecule has 2 fully saturated rings. The van der Waals surface area contributed by atoms with Gasteiger partial charge in [-0.2, -0.15) is 0 Å². The van der Waals surface area contributed by atoms with Crippen molar-refractivity contribution in [2.45, 2.75) is 293 Å². The van der Waals surface area contributed by atoms with Gasteiger partial charge in [0.25, 0.3) is 0 Å². The summed E-state index contributed by atoms with van der Waals surface area (Å²) in [4.78, 5) is 12.3. The Morgan fingerprint density at radius 1 is 0.500 bits per heavy atom. The van der Waals surface area contributed by atoms with Crippen LogP contribution in [-0.4, -0.2) is 140 Å². The number of aliphatic hydroxyl groups excluding tert-OH is 8. The van der Waals surface area contributed by atoms with Crippen molar-refractivity contribution in [3.8, 4) is 0 Å². The number of carbonyl (C=O) groups is 1. The molecule has 64 heavy (non-hydrogen) atoms. The summed E-state index contributed by atoms with van der Waals surface area (Å²) in [6.45, 7) is 2.32. The topological polar surface area (TPSA) is 228 Å². The van der Waals surface area contributed by atoms with Crippen LogP contribution in [0, 0.1) is 0 Å². The number of rotatable bonds is 41. The first-order valence-electron chi connectivity index (χ1n) is 26.3. The van der Waals surface area contributed by atoms with Crippen LogP contribution in [0.4, 0.5) is 0 Å². The molecule has 380 valence electrons. The zero-order chi connectivity index (χ0) is 46.8. The second kappa shape index (κ2) is 37.9. The number of carbonyl (C=O) groups excluding carboxylic acids is 1. The Hall–Kier alpha value is -1.01. The van der Waals surface area contributed by atoms with E-state index in [2.05, 4.69) is 12.2 Å². The minimum atomic E-state index is -1.78. The molecule has 0 spiro atoms. The molecule has 2 aliphatic rings. The van der Waals surface area contributed by atoms with E-state index in [0.29, 0.717) is 6.42 Å². The quantitative estimate of drug-likeness (QED) is 0.0282. The van der Waals surface area contributed by atoms with Gasteiger partial charge in [-0.15, -0.1) is 0 Å². The molecule has 9 N–H and O–H groups in total. The second-order valence-corrected chi connectivity index (χ2v) is 19.0. The van der Waals surface area contributed by atoms with Gasteiger partial charge < -0.3 is 65.1 Å². The van der Waals surface area contributed by atoms with Gasteiger partial charge >= 0.3 is 0 Å². The van der Waals surface area contributed by atoms with E-state index in [9.17, 15) is 45.6 Å². The van der Waals surface area contributed by atoms with Crippen LogP contribution in [-0.2, 0) is 23.7 Å². The zero-order valence-electron chi connectivity index (χ0n) is 40.3. The fraction of sp³-hybridized carbons (Fsp3) is 0.980. The highest BCUT2D eigenvalue weighted by Gasteiger charge is 2.51. The fourth-order valence-corrected chi connectivity index (χ4v) is 9.03. The minimum Gasteiger partial charge on any atom is -0.394 e. The normalized spacial score (nSPS) is 27.2. The maximum absolute atomic E-state index is 12.3. The maximum Gasteiger partial charge on any atom is 0.220 e. The van der Waals surface area contributed by atoms with E-state index in [4.69, 9.17) is 18.9 Å². The van der Waals surface area contributed by atoms with Gasteiger partial charge in [-0.1, -0.05) is 206 Å². The Morgan fingerprint density at radius 3 is 1.27 bits per heavy atom. The monoisotopic (exact) mass is 920 g/mol. The molecule has 2 aliphatic heterocycles. The molecule has 1 amide bonds. The Bertz CT molecular complexity index is 1090. The van der Waals surface area contributed by atoms with Gasteiger partial charge in [0.2, 0.25) is 5.91 Å². The third-order valence-corrected chi connectivity index (χ3v) is 13.4. The van der Waals surface area contributed by atoms with E-state index in [0.717, 1.165) is 25.7 Å². The number of hydrogen-bond acceptors (Lipinski definition) is 13. The van der Waals surface area contributed by atoms with E-state index < -0.39 is 86.8 Å². The molecule has 0 saturated carbocycles. The van der Waals surface area contributed by atoms with Gasteiger partial charge in [0.1, 0.15) is 48.8 Å². The first-order chi connectivity index (χ1) is 31.1. The Kier molecular flexibility index (Phi) is 35.0. The Morgan fingerprint density at radius 2 is 0.875 bits per heavy atom. The number of amides is 1. The van der Waals surface area contributed by atoms with Gasteiger partial charge in [0, 0.05) is 6.42 Å². The molecule has 0 bridgehead atoms. The van der Waals surface area contributed by atoms with Crippen LogP contribution in [0.15, 0.2) is 0 Å².